The zero-order valence-corrected chi connectivity index (χ0v) is 15.9. The number of hydrogen-bond donors (Lipinski definition) is 3. The van der Waals surface area contributed by atoms with Crippen molar-refractivity contribution in [2.24, 2.45) is 23.2 Å². The highest BCUT2D eigenvalue weighted by molar-refractivity contribution is 5.95. The number of rotatable bonds is 4. The van der Waals surface area contributed by atoms with Crippen LogP contribution in [0.15, 0.2) is 40.1 Å². The Balaban J connectivity index is 1.40. The van der Waals surface area contributed by atoms with E-state index in [-0.39, 0.29) is 6.04 Å². The first kappa shape index (κ1) is 16.6. The molecular formula is C22H25N3O2. The number of benzene rings is 1. The second-order valence-corrected chi connectivity index (χ2v) is 8.99. The van der Waals surface area contributed by atoms with Crippen molar-refractivity contribution in [2.45, 2.75) is 39.7 Å². The molecule has 140 valence electrons. The van der Waals surface area contributed by atoms with Crippen molar-refractivity contribution in [1.82, 2.24) is 4.98 Å². The van der Waals surface area contributed by atoms with E-state index in [0.717, 1.165) is 23.0 Å². The Hall–Kier alpha value is -2.56. The van der Waals surface area contributed by atoms with Gasteiger partial charge in [0.05, 0.1) is 5.69 Å². The predicted molar refractivity (Wildman–Crippen MR) is 110 cm³/mol. The smallest absolute Gasteiger partial charge is 0.253 e. The van der Waals surface area contributed by atoms with Crippen LogP contribution in [0.4, 0.5) is 17.1 Å². The van der Waals surface area contributed by atoms with Crippen LogP contribution in [0, 0.1) is 23.2 Å². The van der Waals surface area contributed by atoms with Gasteiger partial charge < -0.3 is 15.6 Å². The SMILES string of the molecule is C[C@H]1[C@@H](Nc2c(Nc3c[nH]c4ccccc34)c(=O)c2=O)C[C@H]2C[C@@H]1C2(C)C. The van der Waals surface area contributed by atoms with Crippen LogP contribution < -0.4 is 21.5 Å². The molecule has 5 heteroatoms. The summed E-state index contributed by atoms with van der Waals surface area (Å²) in [6.07, 6.45) is 4.20. The van der Waals surface area contributed by atoms with Crippen molar-refractivity contribution in [1.29, 1.82) is 0 Å². The van der Waals surface area contributed by atoms with E-state index in [9.17, 15) is 9.59 Å². The Labute approximate surface area is 157 Å². The summed E-state index contributed by atoms with van der Waals surface area (Å²) >= 11 is 0. The molecular weight excluding hydrogens is 338 g/mol. The van der Waals surface area contributed by atoms with Crippen LogP contribution >= 0.6 is 0 Å². The Morgan fingerprint density at radius 2 is 1.81 bits per heavy atom. The maximum absolute atomic E-state index is 12.2. The second kappa shape index (κ2) is 5.47. The molecule has 1 heterocycles. The van der Waals surface area contributed by atoms with Gasteiger partial charge in [0.2, 0.25) is 0 Å². The summed E-state index contributed by atoms with van der Waals surface area (Å²) in [5, 5.41) is 7.63. The average molecular weight is 363 g/mol. The van der Waals surface area contributed by atoms with Gasteiger partial charge in [0.25, 0.3) is 10.9 Å². The minimum Gasteiger partial charge on any atom is -0.377 e. The first-order valence-electron chi connectivity index (χ1n) is 9.81. The lowest BCUT2D eigenvalue weighted by Crippen LogP contribution is -2.59. The summed E-state index contributed by atoms with van der Waals surface area (Å²) in [7, 11) is 0. The molecule has 0 saturated heterocycles. The van der Waals surface area contributed by atoms with E-state index in [1.54, 1.807) is 0 Å². The van der Waals surface area contributed by atoms with E-state index in [0.29, 0.717) is 34.5 Å². The summed E-state index contributed by atoms with van der Waals surface area (Å²) in [5.41, 5.74) is 2.24. The van der Waals surface area contributed by atoms with Crippen LogP contribution in [0.2, 0.25) is 0 Å². The molecule has 0 amide bonds. The third kappa shape index (κ3) is 2.23. The number of H-pyrrole nitrogens is 1. The number of nitrogens with one attached hydrogen (secondary N) is 3. The molecule has 3 fully saturated rings. The highest BCUT2D eigenvalue weighted by Gasteiger charge is 2.56. The summed E-state index contributed by atoms with van der Waals surface area (Å²) < 4.78 is 0. The van der Waals surface area contributed by atoms with Gasteiger partial charge in [-0.2, -0.15) is 0 Å². The van der Waals surface area contributed by atoms with E-state index < -0.39 is 10.9 Å². The van der Waals surface area contributed by atoms with Crippen LogP contribution in [0.5, 0.6) is 0 Å². The van der Waals surface area contributed by atoms with Crippen molar-refractivity contribution < 1.29 is 0 Å². The maximum Gasteiger partial charge on any atom is 0.253 e. The molecule has 2 bridgehead atoms. The van der Waals surface area contributed by atoms with E-state index in [2.05, 4.69) is 36.4 Å². The molecule has 27 heavy (non-hydrogen) atoms. The fraction of sp³-hybridized carbons (Fsp3) is 0.455. The predicted octanol–water partition coefficient (Wildman–Crippen LogP) is 3.99. The third-order valence-electron chi connectivity index (χ3n) is 7.44. The van der Waals surface area contributed by atoms with Crippen LogP contribution in [0.3, 0.4) is 0 Å². The molecule has 3 saturated carbocycles. The van der Waals surface area contributed by atoms with Crippen molar-refractivity contribution in [2.75, 3.05) is 10.6 Å². The van der Waals surface area contributed by atoms with Crippen LogP contribution in [-0.2, 0) is 0 Å². The molecule has 3 N–H and O–H groups in total. The second-order valence-electron chi connectivity index (χ2n) is 8.99. The summed E-state index contributed by atoms with van der Waals surface area (Å²) in [6, 6.07) is 8.16. The fourth-order valence-corrected chi connectivity index (χ4v) is 5.48. The van der Waals surface area contributed by atoms with E-state index in [1.807, 2.05) is 30.5 Å². The number of anilines is 3. The van der Waals surface area contributed by atoms with E-state index >= 15 is 0 Å². The van der Waals surface area contributed by atoms with Gasteiger partial charge in [-0.3, -0.25) is 9.59 Å². The zero-order valence-electron chi connectivity index (χ0n) is 15.9. The first-order chi connectivity index (χ1) is 12.9. The minimum absolute atomic E-state index is 0.258. The molecule has 0 radical (unpaired) electrons. The number of para-hydroxylation sites is 1. The molecule has 5 nitrogen and oxygen atoms in total. The van der Waals surface area contributed by atoms with Crippen LogP contribution in [0.1, 0.15) is 33.6 Å². The molecule has 1 aromatic heterocycles. The summed E-state index contributed by atoms with van der Waals surface area (Å²) in [5.74, 6) is 1.88. The number of aromatic amines is 1. The lowest BCUT2D eigenvalue weighted by atomic mass is 9.44. The number of fused-ring (bicyclic) bond motifs is 3. The molecule has 2 aromatic carbocycles. The van der Waals surface area contributed by atoms with Gasteiger partial charge in [0.1, 0.15) is 11.4 Å². The molecule has 0 aliphatic heterocycles. The first-order valence-corrected chi connectivity index (χ1v) is 9.81. The van der Waals surface area contributed by atoms with Crippen molar-refractivity contribution >= 4 is 28.0 Å². The molecule has 6 rings (SSSR count). The maximum atomic E-state index is 12.2. The molecule has 0 spiro atoms. The monoisotopic (exact) mass is 363 g/mol. The Bertz CT molecular complexity index is 1100. The van der Waals surface area contributed by atoms with Gasteiger partial charge in [-0.25, -0.2) is 0 Å². The van der Waals surface area contributed by atoms with Crippen LogP contribution in [-0.4, -0.2) is 11.0 Å². The highest BCUT2D eigenvalue weighted by atomic mass is 16.2. The Morgan fingerprint density at radius 3 is 2.56 bits per heavy atom. The molecule has 4 atom stereocenters. The molecule has 3 aliphatic carbocycles. The van der Waals surface area contributed by atoms with Gasteiger partial charge >= 0.3 is 0 Å². The topological polar surface area (TPSA) is 74.0 Å². The van der Waals surface area contributed by atoms with E-state index in [1.165, 1.54) is 6.42 Å². The lowest BCUT2D eigenvalue weighted by Gasteiger charge is -2.62. The number of aromatic nitrogens is 1. The van der Waals surface area contributed by atoms with Gasteiger partial charge in [0, 0.05) is 23.1 Å². The van der Waals surface area contributed by atoms with Crippen molar-refractivity contribution in [3.8, 4) is 0 Å². The highest BCUT2D eigenvalue weighted by Crippen LogP contribution is 2.61. The molecule has 3 aromatic rings. The fourth-order valence-electron chi connectivity index (χ4n) is 5.48. The van der Waals surface area contributed by atoms with Crippen molar-refractivity contribution in [3.63, 3.8) is 0 Å². The molecule has 3 aliphatic rings. The average Bonchev–Trinajstić information content (AvgIpc) is 3.08. The van der Waals surface area contributed by atoms with Gasteiger partial charge in [0.15, 0.2) is 0 Å². The Kier molecular flexibility index (Phi) is 3.37. The summed E-state index contributed by atoms with van der Waals surface area (Å²) in [4.78, 5) is 27.7. The third-order valence-corrected chi connectivity index (χ3v) is 7.44. The minimum atomic E-state index is -0.434. The van der Waals surface area contributed by atoms with Crippen LogP contribution in [0.25, 0.3) is 10.9 Å². The van der Waals surface area contributed by atoms with Crippen molar-refractivity contribution in [3.05, 3.63) is 50.9 Å². The normalized spacial score (nSPS) is 28.9. The van der Waals surface area contributed by atoms with Gasteiger partial charge in [-0.05, 0) is 42.1 Å². The number of hydrogen-bond acceptors (Lipinski definition) is 4. The zero-order chi connectivity index (χ0) is 18.9. The quantitative estimate of drug-likeness (QED) is 0.613. The standard InChI is InChI=1S/C22H25N3O2/c1-11-14-8-12(22(14,2)3)9-16(11)24-18-19(21(27)20(18)26)25-17-10-23-15-7-5-4-6-13(15)17/h4-7,10-12,14,16,23-25H,8-9H2,1-3H3/t11-,12-,14+,16+/m1/s1. The Morgan fingerprint density at radius 1 is 1.07 bits per heavy atom. The van der Waals surface area contributed by atoms with Gasteiger partial charge in [-0.1, -0.05) is 39.0 Å². The largest absolute Gasteiger partial charge is 0.377 e. The van der Waals surface area contributed by atoms with Gasteiger partial charge in [-0.15, -0.1) is 0 Å². The van der Waals surface area contributed by atoms with E-state index in [4.69, 9.17) is 0 Å². The summed E-state index contributed by atoms with van der Waals surface area (Å²) in [6.45, 7) is 7.00. The molecule has 0 unspecified atom stereocenters. The lowest BCUT2D eigenvalue weighted by molar-refractivity contribution is -0.105.